The second-order valence-electron chi connectivity index (χ2n) is 5.83. The van der Waals surface area contributed by atoms with E-state index in [-0.39, 0.29) is 5.82 Å². The normalized spacial score (nSPS) is 27.8. The fourth-order valence-corrected chi connectivity index (χ4v) is 5.08. The molecule has 0 radical (unpaired) electrons. The highest BCUT2D eigenvalue weighted by Gasteiger charge is 2.47. The Morgan fingerprint density at radius 1 is 1.33 bits per heavy atom. The molecule has 110 valence electrons. The summed E-state index contributed by atoms with van der Waals surface area (Å²) in [4.78, 5) is 8.47. The van der Waals surface area contributed by atoms with Crippen LogP contribution in [0.4, 0.5) is 9.52 Å². The van der Waals surface area contributed by atoms with Gasteiger partial charge in [-0.2, -0.15) is 0 Å². The van der Waals surface area contributed by atoms with Gasteiger partial charge in [0, 0.05) is 22.9 Å². The van der Waals surface area contributed by atoms with Crippen molar-refractivity contribution in [3.63, 3.8) is 0 Å². The lowest BCUT2D eigenvalue weighted by Gasteiger charge is -2.50. The third-order valence-electron chi connectivity index (χ3n) is 4.82. The lowest BCUT2D eigenvalue weighted by molar-refractivity contribution is 0.0520. The molecular weight excluding hydrogens is 285 g/mol. The zero-order valence-corrected chi connectivity index (χ0v) is 12.7. The van der Waals surface area contributed by atoms with Crippen molar-refractivity contribution < 1.29 is 4.39 Å². The van der Waals surface area contributed by atoms with Crippen LogP contribution in [-0.4, -0.2) is 16.4 Å². The molecule has 1 fully saturated rings. The van der Waals surface area contributed by atoms with E-state index >= 15 is 0 Å². The quantitative estimate of drug-likeness (QED) is 0.916. The lowest BCUT2D eigenvalue weighted by Crippen LogP contribution is -2.44. The van der Waals surface area contributed by atoms with E-state index in [1.165, 1.54) is 22.6 Å². The second-order valence-corrected chi connectivity index (χ2v) is 6.89. The molecule has 1 aromatic heterocycles. The number of nitrogens with two attached hydrogens (primary N) is 1. The standard InChI is InChI=1S/C16H18FN3S/c1-2-20-12-8-7-11(13-15(12)21-16(18)19-13)14(20)9-3-5-10(17)6-4-9/h3-6,11-12,14H,2,7-8H2,1H3,(H2,18,19). The number of hydrogen-bond donors (Lipinski definition) is 1. The molecular formula is C16H18FN3S. The number of aromatic nitrogens is 1. The van der Waals surface area contributed by atoms with Gasteiger partial charge in [0.1, 0.15) is 5.82 Å². The zero-order chi connectivity index (χ0) is 14.6. The largest absolute Gasteiger partial charge is 0.375 e. The van der Waals surface area contributed by atoms with Crippen molar-refractivity contribution >= 4 is 16.5 Å². The van der Waals surface area contributed by atoms with Gasteiger partial charge in [0.15, 0.2) is 5.13 Å². The molecule has 2 bridgehead atoms. The van der Waals surface area contributed by atoms with E-state index < -0.39 is 0 Å². The van der Waals surface area contributed by atoms with Crippen LogP contribution in [0.5, 0.6) is 0 Å². The van der Waals surface area contributed by atoms with E-state index in [4.69, 9.17) is 5.73 Å². The third-order valence-corrected chi connectivity index (χ3v) is 5.82. The van der Waals surface area contributed by atoms with E-state index in [1.54, 1.807) is 23.5 Å². The van der Waals surface area contributed by atoms with Crippen molar-refractivity contribution in [2.45, 2.75) is 37.8 Å². The van der Waals surface area contributed by atoms with Crippen LogP contribution < -0.4 is 5.73 Å². The van der Waals surface area contributed by atoms with Gasteiger partial charge in [-0.05, 0) is 37.1 Å². The molecule has 3 unspecified atom stereocenters. The number of rotatable bonds is 2. The minimum absolute atomic E-state index is 0.179. The average molecular weight is 303 g/mol. The Kier molecular flexibility index (Phi) is 3.01. The molecule has 0 saturated carbocycles. The second kappa shape index (κ2) is 4.78. The monoisotopic (exact) mass is 303 g/mol. The number of fused-ring (bicyclic) bond motifs is 2. The first-order chi connectivity index (χ1) is 10.2. The van der Waals surface area contributed by atoms with Crippen molar-refractivity contribution in [2.75, 3.05) is 12.3 Å². The fourth-order valence-electron chi connectivity index (χ4n) is 4.02. The number of piperidine rings is 1. The van der Waals surface area contributed by atoms with Gasteiger partial charge in [0.2, 0.25) is 0 Å². The maximum Gasteiger partial charge on any atom is 0.180 e. The van der Waals surface area contributed by atoms with E-state index in [0.717, 1.165) is 13.0 Å². The molecule has 5 heteroatoms. The maximum atomic E-state index is 13.2. The van der Waals surface area contributed by atoms with Crippen LogP contribution in [-0.2, 0) is 0 Å². The average Bonchev–Trinajstić information content (AvgIpc) is 2.90. The molecule has 2 aromatic rings. The molecule has 0 spiro atoms. The number of anilines is 1. The summed E-state index contributed by atoms with van der Waals surface area (Å²) in [7, 11) is 0. The Bertz CT molecular complexity index is 667. The molecule has 0 amide bonds. The summed E-state index contributed by atoms with van der Waals surface area (Å²) >= 11 is 1.64. The topological polar surface area (TPSA) is 42.2 Å². The Balaban J connectivity index is 1.82. The predicted molar refractivity (Wildman–Crippen MR) is 82.8 cm³/mol. The summed E-state index contributed by atoms with van der Waals surface area (Å²) in [5, 5.41) is 0.674. The highest BCUT2D eigenvalue weighted by Crippen LogP contribution is 2.57. The number of benzene rings is 1. The summed E-state index contributed by atoms with van der Waals surface area (Å²) in [5.74, 6) is 0.199. The van der Waals surface area contributed by atoms with Gasteiger partial charge in [0.05, 0.1) is 5.69 Å². The third kappa shape index (κ3) is 1.91. The summed E-state index contributed by atoms with van der Waals surface area (Å²) in [6.45, 7) is 3.18. The van der Waals surface area contributed by atoms with E-state index in [2.05, 4.69) is 16.8 Å². The van der Waals surface area contributed by atoms with Crippen LogP contribution in [0.2, 0.25) is 0 Å². The van der Waals surface area contributed by atoms with Gasteiger partial charge in [-0.1, -0.05) is 19.1 Å². The minimum atomic E-state index is -0.179. The minimum Gasteiger partial charge on any atom is -0.375 e. The first-order valence-electron chi connectivity index (χ1n) is 7.46. The van der Waals surface area contributed by atoms with Gasteiger partial charge < -0.3 is 5.73 Å². The molecule has 5 rings (SSSR count). The van der Waals surface area contributed by atoms with Gasteiger partial charge in [-0.25, -0.2) is 9.37 Å². The number of thiazole rings is 1. The van der Waals surface area contributed by atoms with Crippen LogP contribution in [0.1, 0.15) is 53.9 Å². The van der Waals surface area contributed by atoms with E-state index in [9.17, 15) is 4.39 Å². The molecule has 21 heavy (non-hydrogen) atoms. The summed E-state index contributed by atoms with van der Waals surface area (Å²) < 4.78 is 13.2. The molecule has 3 aliphatic rings. The SMILES string of the molecule is CCN1C2CCC(c3nc(N)sc32)C1c1ccc(F)cc1. The van der Waals surface area contributed by atoms with Gasteiger partial charge in [-0.3, -0.25) is 4.90 Å². The fraction of sp³-hybridized carbons (Fsp3) is 0.438. The lowest BCUT2D eigenvalue weighted by atomic mass is 9.74. The molecule has 2 aliphatic heterocycles. The van der Waals surface area contributed by atoms with Crippen molar-refractivity contribution in [1.29, 1.82) is 0 Å². The highest BCUT2D eigenvalue weighted by atomic mass is 32.1. The van der Waals surface area contributed by atoms with E-state index in [1.807, 2.05) is 12.1 Å². The predicted octanol–water partition coefficient (Wildman–Crippen LogP) is 3.86. The highest BCUT2D eigenvalue weighted by molar-refractivity contribution is 7.15. The number of nitrogens with zero attached hydrogens (tertiary/aromatic N) is 2. The summed E-state index contributed by atoms with van der Waals surface area (Å²) in [5.41, 5.74) is 8.31. The Morgan fingerprint density at radius 2 is 2.10 bits per heavy atom. The van der Waals surface area contributed by atoms with Crippen molar-refractivity contribution in [1.82, 2.24) is 9.88 Å². The van der Waals surface area contributed by atoms with Gasteiger partial charge >= 0.3 is 0 Å². The molecule has 1 aromatic carbocycles. The van der Waals surface area contributed by atoms with Crippen LogP contribution >= 0.6 is 11.3 Å². The molecule has 2 N–H and O–H groups in total. The van der Waals surface area contributed by atoms with Crippen LogP contribution in [0.25, 0.3) is 0 Å². The summed E-state index contributed by atoms with van der Waals surface area (Å²) in [6.07, 6.45) is 2.31. The maximum absolute atomic E-state index is 13.2. The van der Waals surface area contributed by atoms with Crippen molar-refractivity contribution in [3.05, 3.63) is 46.2 Å². The molecule has 3 nitrogen and oxygen atoms in total. The number of hydrogen-bond acceptors (Lipinski definition) is 4. The first kappa shape index (κ1) is 13.2. The molecule has 1 saturated heterocycles. The summed E-state index contributed by atoms with van der Waals surface area (Å²) in [6, 6.07) is 7.66. The Hall–Kier alpha value is -1.46. The van der Waals surface area contributed by atoms with Crippen LogP contribution in [0.3, 0.4) is 0 Å². The van der Waals surface area contributed by atoms with Crippen molar-refractivity contribution in [3.8, 4) is 0 Å². The Labute approximate surface area is 127 Å². The first-order valence-corrected chi connectivity index (χ1v) is 8.28. The molecule has 3 atom stereocenters. The zero-order valence-electron chi connectivity index (χ0n) is 11.9. The van der Waals surface area contributed by atoms with Crippen molar-refractivity contribution in [2.24, 2.45) is 0 Å². The molecule has 3 heterocycles. The van der Waals surface area contributed by atoms with Gasteiger partial charge in [-0.15, -0.1) is 11.3 Å². The molecule has 1 aliphatic carbocycles. The van der Waals surface area contributed by atoms with Crippen LogP contribution in [0, 0.1) is 5.82 Å². The van der Waals surface area contributed by atoms with Crippen LogP contribution in [0.15, 0.2) is 24.3 Å². The number of likely N-dealkylation sites (N-methyl/N-ethyl adjacent to an activating group) is 1. The number of halogens is 1. The van der Waals surface area contributed by atoms with Gasteiger partial charge in [0.25, 0.3) is 0 Å². The number of nitrogen functional groups attached to an aromatic ring is 1. The smallest absolute Gasteiger partial charge is 0.180 e. The Morgan fingerprint density at radius 3 is 2.81 bits per heavy atom. The van der Waals surface area contributed by atoms with E-state index in [0.29, 0.717) is 23.1 Å².